The van der Waals surface area contributed by atoms with E-state index in [1.54, 1.807) is 0 Å². The van der Waals surface area contributed by atoms with Gasteiger partial charge in [-0.2, -0.15) is 0 Å². The Hall–Kier alpha value is -1.28. The molecule has 2 nitrogen and oxygen atoms in total. The maximum Gasteiger partial charge on any atom is 1.00 e. The number of aromatic nitrogens is 1. The standard InChI is InChI=1S/C16H19N2Si.Li/c1-19(2,3)18-16(14-9-5-4-6-10-14)13-15-11-7-8-12-17-15;/h4-13H,1-3H3;/q-1;+1/b18-16-;. The Balaban J connectivity index is 0.00000200. The fraction of sp³-hybridized carbons (Fsp3) is 0.188. The van der Waals surface area contributed by atoms with Crippen LogP contribution in [0.15, 0.2) is 59.4 Å². The van der Waals surface area contributed by atoms with E-state index in [9.17, 15) is 0 Å². The summed E-state index contributed by atoms with van der Waals surface area (Å²) in [5.74, 6) is 0. The van der Waals surface area contributed by atoms with Crippen molar-refractivity contribution < 1.29 is 18.9 Å². The molecule has 0 amide bonds. The molecule has 0 atom stereocenters. The first-order valence-corrected chi connectivity index (χ1v) is 9.90. The molecule has 98 valence electrons. The van der Waals surface area contributed by atoms with Gasteiger partial charge >= 0.3 is 18.9 Å². The molecule has 1 aromatic heterocycles. The quantitative estimate of drug-likeness (QED) is 0.463. The van der Waals surface area contributed by atoms with Crippen LogP contribution in [0.1, 0.15) is 11.3 Å². The third-order valence-electron chi connectivity index (χ3n) is 2.50. The molecule has 2 aromatic rings. The summed E-state index contributed by atoms with van der Waals surface area (Å²) in [6.07, 6.45) is 3.87. The minimum absolute atomic E-state index is 0. The van der Waals surface area contributed by atoms with Crippen LogP contribution >= 0.6 is 0 Å². The molecular formula is C16H19LiN2Si. The van der Waals surface area contributed by atoms with E-state index in [2.05, 4.69) is 43.2 Å². The molecule has 0 radical (unpaired) electrons. The van der Waals surface area contributed by atoms with Gasteiger partial charge < -0.3 is 4.66 Å². The van der Waals surface area contributed by atoms with Crippen LogP contribution in [-0.2, 0) is 0 Å². The van der Waals surface area contributed by atoms with Gasteiger partial charge in [0, 0.05) is 6.20 Å². The van der Waals surface area contributed by atoms with Crippen molar-refractivity contribution in [2.45, 2.75) is 19.6 Å². The number of rotatable bonds is 4. The fourth-order valence-corrected chi connectivity index (χ4v) is 2.67. The molecule has 1 aromatic carbocycles. The number of pyridine rings is 1. The third kappa shape index (κ3) is 5.38. The van der Waals surface area contributed by atoms with Crippen LogP contribution in [0.4, 0.5) is 0 Å². The second-order valence-electron chi connectivity index (χ2n) is 5.43. The average Bonchev–Trinajstić information content (AvgIpc) is 2.39. The first kappa shape index (κ1) is 16.8. The predicted octanol–water partition coefficient (Wildman–Crippen LogP) is 0.962. The summed E-state index contributed by atoms with van der Waals surface area (Å²) >= 11 is 0. The minimum atomic E-state index is -1.53. The fourth-order valence-electron chi connectivity index (χ4n) is 1.75. The number of nitrogens with zero attached hydrogens (tertiary/aromatic N) is 2. The maximum atomic E-state index is 4.93. The minimum Gasteiger partial charge on any atom is -0.346 e. The van der Waals surface area contributed by atoms with Crippen molar-refractivity contribution in [2.75, 3.05) is 0 Å². The summed E-state index contributed by atoms with van der Waals surface area (Å²) in [6.45, 7) is 6.71. The van der Waals surface area contributed by atoms with Crippen LogP contribution < -0.4 is 18.9 Å². The van der Waals surface area contributed by atoms with Gasteiger partial charge in [0.1, 0.15) is 0 Å². The van der Waals surface area contributed by atoms with E-state index in [-0.39, 0.29) is 18.9 Å². The van der Waals surface area contributed by atoms with E-state index >= 15 is 0 Å². The smallest absolute Gasteiger partial charge is 0.346 e. The van der Waals surface area contributed by atoms with E-state index < -0.39 is 8.24 Å². The van der Waals surface area contributed by atoms with Gasteiger partial charge in [0.2, 0.25) is 0 Å². The van der Waals surface area contributed by atoms with Gasteiger partial charge in [-0.3, -0.25) is 4.98 Å². The molecule has 1 heterocycles. The Morgan fingerprint density at radius 2 is 1.65 bits per heavy atom. The van der Waals surface area contributed by atoms with Crippen LogP contribution in [0.2, 0.25) is 19.6 Å². The maximum absolute atomic E-state index is 4.93. The first-order valence-electron chi connectivity index (χ1n) is 6.46. The summed E-state index contributed by atoms with van der Waals surface area (Å²) < 4.78 is 4.93. The first-order chi connectivity index (χ1) is 9.04. The molecule has 4 heteroatoms. The summed E-state index contributed by atoms with van der Waals surface area (Å²) in [5, 5.41) is 0. The summed E-state index contributed by atoms with van der Waals surface area (Å²) in [4.78, 5) is 4.35. The topological polar surface area (TPSA) is 25.2 Å². The molecule has 0 spiro atoms. The number of hydrogen-bond acceptors (Lipinski definition) is 2. The molecule has 0 aliphatic heterocycles. The largest absolute Gasteiger partial charge is 1.00 e. The van der Waals surface area contributed by atoms with Gasteiger partial charge in [-0.25, -0.2) is 0 Å². The van der Waals surface area contributed by atoms with Gasteiger partial charge in [-0.15, -0.1) is 30.7 Å². The van der Waals surface area contributed by atoms with E-state index in [1.807, 2.05) is 42.6 Å². The molecule has 0 unspecified atom stereocenters. The Labute approximate surface area is 134 Å². The van der Waals surface area contributed by atoms with Crippen LogP contribution in [-0.4, -0.2) is 18.9 Å². The van der Waals surface area contributed by atoms with Gasteiger partial charge in [-0.1, -0.05) is 55.2 Å². The zero-order valence-corrected chi connectivity index (χ0v) is 13.7. The third-order valence-corrected chi connectivity index (χ3v) is 3.41. The van der Waals surface area contributed by atoms with Crippen molar-refractivity contribution in [1.82, 2.24) is 4.98 Å². The molecule has 0 aliphatic rings. The van der Waals surface area contributed by atoms with Gasteiger partial charge in [-0.05, 0) is 5.69 Å². The van der Waals surface area contributed by atoms with Gasteiger partial charge in [0.05, 0.1) is 0 Å². The molecule has 0 fully saturated rings. The second kappa shape index (κ2) is 7.49. The van der Waals surface area contributed by atoms with Crippen molar-refractivity contribution in [2.24, 2.45) is 4.66 Å². The van der Waals surface area contributed by atoms with Crippen molar-refractivity contribution >= 4 is 13.9 Å². The average molecular weight is 274 g/mol. The molecule has 0 aliphatic carbocycles. The Bertz CT molecular complexity index is 548. The Morgan fingerprint density at radius 3 is 2.20 bits per heavy atom. The van der Waals surface area contributed by atoms with E-state index in [4.69, 9.17) is 4.66 Å². The number of benzene rings is 1. The summed E-state index contributed by atoms with van der Waals surface area (Å²) in [6, 6.07) is 16.2. The second-order valence-corrected chi connectivity index (χ2v) is 10.00. The van der Waals surface area contributed by atoms with Crippen LogP contribution in [0.3, 0.4) is 0 Å². The van der Waals surface area contributed by atoms with Crippen molar-refractivity contribution in [3.8, 4) is 0 Å². The van der Waals surface area contributed by atoms with Gasteiger partial charge in [0.15, 0.2) is 8.24 Å². The monoisotopic (exact) mass is 274 g/mol. The van der Waals surface area contributed by atoms with E-state index in [1.165, 1.54) is 0 Å². The zero-order chi connectivity index (χ0) is 13.7. The molecule has 0 saturated heterocycles. The Morgan fingerprint density at radius 1 is 1.00 bits per heavy atom. The van der Waals surface area contributed by atoms with Crippen LogP contribution in [0.5, 0.6) is 0 Å². The van der Waals surface area contributed by atoms with Crippen LogP contribution in [0.25, 0.3) is 0 Å². The normalized spacial score (nSPS) is 11.7. The van der Waals surface area contributed by atoms with Gasteiger partial charge in [0.25, 0.3) is 0 Å². The molecule has 0 N–H and O–H groups in total. The van der Waals surface area contributed by atoms with Crippen molar-refractivity contribution in [1.29, 1.82) is 0 Å². The molecule has 2 rings (SSSR count). The predicted molar refractivity (Wildman–Crippen MR) is 84.0 cm³/mol. The Kier molecular flexibility index (Phi) is 6.28. The SMILES string of the molecule is C[Si](C)(C)/N=C(/[CH-]c1ccccn1)c1ccccc1.[Li+]. The zero-order valence-electron chi connectivity index (χ0n) is 12.7. The molecular weight excluding hydrogens is 255 g/mol. The molecule has 0 bridgehead atoms. The van der Waals surface area contributed by atoms with Crippen molar-refractivity contribution in [3.05, 3.63) is 72.4 Å². The van der Waals surface area contributed by atoms with Crippen LogP contribution in [0, 0.1) is 6.42 Å². The summed E-state index contributed by atoms with van der Waals surface area (Å²) in [5.41, 5.74) is 3.12. The van der Waals surface area contributed by atoms with E-state index in [0.29, 0.717) is 0 Å². The van der Waals surface area contributed by atoms with E-state index in [0.717, 1.165) is 17.0 Å². The number of hydrogen-bond donors (Lipinski definition) is 0. The molecule has 20 heavy (non-hydrogen) atoms. The molecule has 0 saturated carbocycles. The summed E-state index contributed by atoms with van der Waals surface area (Å²) in [7, 11) is -1.53. The van der Waals surface area contributed by atoms with Crippen molar-refractivity contribution in [3.63, 3.8) is 0 Å².